The lowest BCUT2D eigenvalue weighted by Gasteiger charge is -2.00. The van der Waals surface area contributed by atoms with Crippen molar-refractivity contribution >= 4 is 32.8 Å². The molecule has 2 rings (SSSR count). The molecule has 4 nitrogen and oxygen atoms in total. The molecule has 0 saturated carbocycles. The summed E-state index contributed by atoms with van der Waals surface area (Å²) in [5, 5.41) is 7.11. The molecule has 0 spiro atoms. The van der Waals surface area contributed by atoms with Gasteiger partial charge in [-0.3, -0.25) is 5.10 Å². The molecule has 0 atom stereocenters. The van der Waals surface area contributed by atoms with Gasteiger partial charge in [-0.25, -0.2) is 9.18 Å². The van der Waals surface area contributed by atoms with E-state index >= 15 is 0 Å². The van der Waals surface area contributed by atoms with Gasteiger partial charge in [0.15, 0.2) is 0 Å². The van der Waals surface area contributed by atoms with Crippen molar-refractivity contribution in [1.82, 2.24) is 10.2 Å². The first-order valence-electron chi connectivity index (χ1n) is 4.05. The van der Waals surface area contributed by atoms with Crippen molar-refractivity contribution in [3.05, 3.63) is 28.1 Å². The van der Waals surface area contributed by atoms with Crippen LogP contribution in [0.2, 0.25) is 0 Å². The molecular formula is C9H6BrFN2O2. The van der Waals surface area contributed by atoms with Gasteiger partial charge in [0.05, 0.1) is 18.2 Å². The molecule has 0 amide bonds. The summed E-state index contributed by atoms with van der Waals surface area (Å²) in [6.45, 7) is 0. The average Bonchev–Trinajstić information content (AvgIpc) is 2.58. The third kappa shape index (κ3) is 1.61. The first-order chi connectivity index (χ1) is 7.13. The van der Waals surface area contributed by atoms with Gasteiger partial charge in [-0.15, -0.1) is 0 Å². The zero-order valence-corrected chi connectivity index (χ0v) is 9.26. The Bertz CT molecular complexity index is 538. The van der Waals surface area contributed by atoms with Crippen molar-refractivity contribution in [1.29, 1.82) is 0 Å². The highest BCUT2D eigenvalue weighted by atomic mass is 79.9. The second-order valence-electron chi connectivity index (χ2n) is 2.88. The van der Waals surface area contributed by atoms with Gasteiger partial charge < -0.3 is 4.74 Å². The number of ether oxygens (including phenoxy) is 1. The van der Waals surface area contributed by atoms with Crippen LogP contribution in [-0.2, 0) is 4.74 Å². The number of hydrogen-bond acceptors (Lipinski definition) is 3. The number of hydrogen-bond donors (Lipinski definition) is 1. The first-order valence-corrected chi connectivity index (χ1v) is 4.84. The number of H-pyrrole nitrogens is 1. The molecule has 0 fully saturated rings. The van der Waals surface area contributed by atoms with Crippen LogP contribution >= 0.6 is 15.9 Å². The van der Waals surface area contributed by atoms with Gasteiger partial charge in [0.25, 0.3) is 0 Å². The van der Waals surface area contributed by atoms with E-state index in [1.54, 1.807) is 0 Å². The second kappa shape index (κ2) is 3.62. The quantitative estimate of drug-likeness (QED) is 0.811. The molecule has 0 aliphatic heterocycles. The fourth-order valence-corrected chi connectivity index (χ4v) is 1.67. The zero-order chi connectivity index (χ0) is 11.0. The Balaban J connectivity index is 2.68. The number of aromatic amines is 1. The predicted octanol–water partition coefficient (Wildman–Crippen LogP) is 2.25. The molecule has 0 aliphatic carbocycles. The van der Waals surface area contributed by atoms with Gasteiger partial charge in [0.2, 0.25) is 0 Å². The maximum Gasteiger partial charge on any atom is 0.340 e. The van der Waals surface area contributed by atoms with E-state index in [-0.39, 0.29) is 5.56 Å². The van der Waals surface area contributed by atoms with Crippen LogP contribution in [0.4, 0.5) is 4.39 Å². The lowest BCUT2D eigenvalue weighted by molar-refractivity contribution is 0.0595. The number of benzene rings is 1. The van der Waals surface area contributed by atoms with E-state index in [1.807, 2.05) is 0 Å². The van der Waals surface area contributed by atoms with Crippen LogP contribution in [0.3, 0.4) is 0 Å². The first kappa shape index (κ1) is 10.1. The Labute approximate surface area is 92.5 Å². The highest BCUT2D eigenvalue weighted by molar-refractivity contribution is 9.10. The van der Waals surface area contributed by atoms with E-state index < -0.39 is 11.8 Å². The molecule has 0 unspecified atom stereocenters. The number of methoxy groups -OCH3 is 1. The maximum atomic E-state index is 13.5. The summed E-state index contributed by atoms with van der Waals surface area (Å²) in [6.07, 6.45) is 0. The summed E-state index contributed by atoms with van der Waals surface area (Å²) in [4.78, 5) is 11.2. The maximum absolute atomic E-state index is 13.5. The van der Waals surface area contributed by atoms with Crippen molar-refractivity contribution in [3.63, 3.8) is 0 Å². The third-order valence-electron chi connectivity index (χ3n) is 2.00. The molecule has 0 bridgehead atoms. The van der Waals surface area contributed by atoms with Gasteiger partial charge in [-0.1, -0.05) is 0 Å². The van der Waals surface area contributed by atoms with Crippen LogP contribution in [0.25, 0.3) is 10.9 Å². The number of halogens is 2. The number of nitrogens with zero attached hydrogens (tertiary/aromatic N) is 1. The van der Waals surface area contributed by atoms with Gasteiger partial charge in [0, 0.05) is 5.39 Å². The molecule has 1 aromatic carbocycles. The van der Waals surface area contributed by atoms with E-state index in [1.165, 1.54) is 19.2 Å². The smallest absolute Gasteiger partial charge is 0.340 e. The van der Waals surface area contributed by atoms with Crippen LogP contribution < -0.4 is 0 Å². The minimum atomic E-state index is -0.714. The molecule has 1 heterocycles. The number of aromatic nitrogens is 2. The van der Waals surface area contributed by atoms with Crippen molar-refractivity contribution in [2.24, 2.45) is 0 Å². The highest BCUT2D eigenvalue weighted by Crippen LogP contribution is 2.24. The van der Waals surface area contributed by atoms with Crippen molar-refractivity contribution in [3.8, 4) is 0 Å². The molecule has 6 heteroatoms. The minimum absolute atomic E-state index is 0.121. The number of carbonyl (C=O) groups excluding carboxylic acids is 1. The summed E-state index contributed by atoms with van der Waals surface area (Å²) in [5.41, 5.74) is 0.382. The standard InChI is InChI=1S/C9H6BrFN2O2/c1-15-9(14)4-3-7-5(2-6(4)11)8(10)13-12-7/h2-3H,1H3,(H,12,13). The molecular weight excluding hydrogens is 267 g/mol. The summed E-state index contributed by atoms with van der Waals surface area (Å²) in [7, 11) is 1.20. The summed E-state index contributed by atoms with van der Waals surface area (Å²) < 4.78 is 18.5. The Morgan fingerprint density at radius 2 is 2.33 bits per heavy atom. The summed E-state index contributed by atoms with van der Waals surface area (Å²) in [6, 6.07) is 2.58. The van der Waals surface area contributed by atoms with Crippen LogP contribution in [0, 0.1) is 5.82 Å². The van der Waals surface area contributed by atoms with Crippen molar-refractivity contribution < 1.29 is 13.9 Å². The number of carbonyl (C=O) groups is 1. The molecule has 15 heavy (non-hydrogen) atoms. The van der Waals surface area contributed by atoms with E-state index in [0.717, 1.165) is 0 Å². The fraction of sp³-hybridized carbons (Fsp3) is 0.111. The monoisotopic (exact) mass is 272 g/mol. The number of rotatable bonds is 1. The van der Waals surface area contributed by atoms with Gasteiger partial charge >= 0.3 is 5.97 Å². The van der Waals surface area contributed by atoms with Crippen LogP contribution in [0.15, 0.2) is 16.7 Å². The zero-order valence-electron chi connectivity index (χ0n) is 7.67. The number of nitrogens with one attached hydrogen (secondary N) is 1. The Morgan fingerprint density at radius 1 is 1.60 bits per heavy atom. The lowest BCUT2D eigenvalue weighted by Crippen LogP contribution is -2.04. The normalized spacial score (nSPS) is 10.6. The van der Waals surface area contributed by atoms with Gasteiger partial charge in [-0.05, 0) is 28.1 Å². The molecule has 2 aromatic rings. The summed E-state index contributed by atoms with van der Waals surface area (Å²) >= 11 is 3.18. The Morgan fingerprint density at radius 3 is 3.00 bits per heavy atom. The molecule has 1 N–H and O–H groups in total. The van der Waals surface area contributed by atoms with E-state index in [0.29, 0.717) is 15.5 Å². The Hall–Kier alpha value is -1.43. The second-order valence-corrected chi connectivity index (χ2v) is 3.67. The van der Waals surface area contributed by atoms with E-state index in [2.05, 4.69) is 30.9 Å². The molecule has 0 radical (unpaired) electrons. The SMILES string of the molecule is COC(=O)c1cc2n[nH]c(Br)c2cc1F. The topological polar surface area (TPSA) is 55.0 Å². The van der Waals surface area contributed by atoms with Crippen molar-refractivity contribution in [2.75, 3.05) is 7.11 Å². The van der Waals surface area contributed by atoms with Crippen molar-refractivity contribution in [2.45, 2.75) is 0 Å². The minimum Gasteiger partial charge on any atom is -0.465 e. The molecule has 1 aromatic heterocycles. The predicted molar refractivity (Wildman–Crippen MR) is 55.1 cm³/mol. The highest BCUT2D eigenvalue weighted by Gasteiger charge is 2.15. The largest absolute Gasteiger partial charge is 0.465 e. The summed E-state index contributed by atoms with van der Waals surface area (Å²) in [5.74, 6) is -1.34. The van der Waals surface area contributed by atoms with Gasteiger partial charge in [-0.2, -0.15) is 5.10 Å². The van der Waals surface area contributed by atoms with Crippen LogP contribution in [-0.4, -0.2) is 23.3 Å². The van der Waals surface area contributed by atoms with Gasteiger partial charge in [0.1, 0.15) is 10.4 Å². The fourth-order valence-electron chi connectivity index (χ4n) is 1.27. The van der Waals surface area contributed by atoms with E-state index in [9.17, 15) is 9.18 Å². The van der Waals surface area contributed by atoms with Crippen LogP contribution in [0.5, 0.6) is 0 Å². The number of esters is 1. The Kier molecular flexibility index (Phi) is 2.44. The number of fused-ring (bicyclic) bond motifs is 1. The van der Waals surface area contributed by atoms with E-state index in [4.69, 9.17) is 0 Å². The average molecular weight is 273 g/mol. The molecule has 0 saturated heterocycles. The molecule has 0 aliphatic rings. The lowest BCUT2D eigenvalue weighted by atomic mass is 10.1. The van der Waals surface area contributed by atoms with Crippen LogP contribution in [0.1, 0.15) is 10.4 Å². The third-order valence-corrected chi connectivity index (χ3v) is 2.61. The molecule has 78 valence electrons.